The van der Waals surface area contributed by atoms with E-state index in [0.717, 1.165) is 22.0 Å². The number of thiazole rings is 1. The summed E-state index contributed by atoms with van der Waals surface area (Å²) in [7, 11) is 0. The van der Waals surface area contributed by atoms with Gasteiger partial charge in [-0.15, -0.1) is 11.3 Å². The normalized spacial score (nSPS) is 11.2. The van der Waals surface area contributed by atoms with Crippen LogP contribution in [0.2, 0.25) is 10.0 Å². The SMILES string of the molecule is Cc1cn2c(CNc3c(Cl)cccc3Cl)c(C)nc2s1. The van der Waals surface area contributed by atoms with E-state index >= 15 is 0 Å². The van der Waals surface area contributed by atoms with Crippen LogP contribution in [0.3, 0.4) is 0 Å². The maximum atomic E-state index is 6.16. The summed E-state index contributed by atoms with van der Waals surface area (Å²) in [6.45, 7) is 4.73. The minimum Gasteiger partial charge on any atom is -0.377 e. The van der Waals surface area contributed by atoms with Crippen molar-refractivity contribution in [1.29, 1.82) is 0 Å². The molecule has 0 aliphatic rings. The van der Waals surface area contributed by atoms with Gasteiger partial charge in [-0.05, 0) is 26.0 Å². The van der Waals surface area contributed by atoms with Crippen LogP contribution in [0.4, 0.5) is 5.69 Å². The molecule has 0 aliphatic carbocycles. The fourth-order valence-electron chi connectivity index (χ4n) is 2.16. The number of aryl methyl sites for hydroxylation is 2. The fraction of sp³-hybridized carbons (Fsp3) is 0.214. The van der Waals surface area contributed by atoms with Crippen LogP contribution in [-0.2, 0) is 6.54 Å². The number of nitrogens with one attached hydrogen (secondary N) is 1. The predicted octanol–water partition coefficient (Wildman–Crippen LogP) is 4.93. The molecule has 20 heavy (non-hydrogen) atoms. The molecule has 2 heterocycles. The fourth-order valence-corrected chi connectivity index (χ4v) is 3.58. The van der Waals surface area contributed by atoms with Gasteiger partial charge in [0, 0.05) is 11.1 Å². The summed E-state index contributed by atoms with van der Waals surface area (Å²) < 4.78 is 2.12. The van der Waals surface area contributed by atoms with E-state index in [2.05, 4.69) is 27.8 Å². The van der Waals surface area contributed by atoms with Crippen molar-refractivity contribution < 1.29 is 0 Å². The summed E-state index contributed by atoms with van der Waals surface area (Å²) in [6.07, 6.45) is 2.10. The Bertz CT molecular complexity index is 756. The molecule has 3 rings (SSSR count). The lowest BCUT2D eigenvalue weighted by Gasteiger charge is -2.10. The third-order valence-electron chi connectivity index (χ3n) is 3.14. The molecular formula is C14H13Cl2N3S. The topological polar surface area (TPSA) is 29.3 Å². The van der Waals surface area contributed by atoms with Crippen molar-refractivity contribution in [3.63, 3.8) is 0 Å². The molecule has 0 atom stereocenters. The van der Waals surface area contributed by atoms with Gasteiger partial charge in [-0.1, -0.05) is 29.3 Å². The highest BCUT2D eigenvalue weighted by atomic mass is 35.5. The van der Waals surface area contributed by atoms with E-state index in [9.17, 15) is 0 Å². The number of halogens is 2. The molecule has 104 valence electrons. The Balaban J connectivity index is 1.92. The van der Waals surface area contributed by atoms with Crippen LogP contribution in [0.15, 0.2) is 24.4 Å². The van der Waals surface area contributed by atoms with Crippen molar-refractivity contribution >= 4 is 45.2 Å². The second kappa shape index (κ2) is 5.28. The van der Waals surface area contributed by atoms with Gasteiger partial charge in [-0.3, -0.25) is 4.40 Å². The molecule has 6 heteroatoms. The highest BCUT2D eigenvalue weighted by Gasteiger charge is 2.12. The maximum Gasteiger partial charge on any atom is 0.194 e. The summed E-state index contributed by atoms with van der Waals surface area (Å²) in [5, 5.41) is 4.55. The third-order valence-corrected chi connectivity index (χ3v) is 4.66. The first kappa shape index (κ1) is 13.7. The van der Waals surface area contributed by atoms with Crippen molar-refractivity contribution in [1.82, 2.24) is 9.38 Å². The standard InChI is InChI=1S/C14H13Cl2N3S/c1-8-7-19-12(9(2)18-14(19)20-8)6-17-13-10(15)4-3-5-11(13)16/h3-5,7,17H,6H2,1-2H3. The Morgan fingerprint density at radius 3 is 2.65 bits per heavy atom. The van der Waals surface area contributed by atoms with Gasteiger partial charge < -0.3 is 5.32 Å². The predicted molar refractivity (Wildman–Crippen MR) is 86.3 cm³/mol. The molecule has 0 radical (unpaired) electrons. The lowest BCUT2D eigenvalue weighted by molar-refractivity contribution is 0.991. The number of fused-ring (bicyclic) bond motifs is 1. The highest BCUT2D eigenvalue weighted by Crippen LogP contribution is 2.30. The number of imidazole rings is 1. The molecule has 0 spiro atoms. The molecule has 1 N–H and O–H groups in total. The number of para-hydroxylation sites is 1. The molecule has 0 saturated heterocycles. The van der Waals surface area contributed by atoms with E-state index in [-0.39, 0.29) is 0 Å². The van der Waals surface area contributed by atoms with Crippen LogP contribution in [0.1, 0.15) is 16.3 Å². The van der Waals surface area contributed by atoms with Gasteiger partial charge in [0.15, 0.2) is 4.96 Å². The van der Waals surface area contributed by atoms with Crippen LogP contribution < -0.4 is 5.32 Å². The Labute approximate surface area is 131 Å². The van der Waals surface area contributed by atoms with Crippen LogP contribution in [0, 0.1) is 13.8 Å². The first-order valence-electron chi connectivity index (χ1n) is 6.18. The highest BCUT2D eigenvalue weighted by molar-refractivity contribution is 7.17. The largest absolute Gasteiger partial charge is 0.377 e. The van der Waals surface area contributed by atoms with Gasteiger partial charge in [-0.2, -0.15) is 0 Å². The molecule has 0 amide bonds. The van der Waals surface area contributed by atoms with E-state index in [1.165, 1.54) is 4.88 Å². The zero-order valence-corrected chi connectivity index (χ0v) is 13.4. The Morgan fingerprint density at radius 2 is 1.95 bits per heavy atom. The summed E-state index contributed by atoms with van der Waals surface area (Å²) in [6, 6.07) is 5.48. The molecule has 3 nitrogen and oxygen atoms in total. The number of hydrogen-bond acceptors (Lipinski definition) is 3. The summed E-state index contributed by atoms with van der Waals surface area (Å²) in [5.41, 5.74) is 2.91. The average molecular weight is 326 g/mol. The minimum atomic E-state index is 0.623. The molecule has 2 aromatic heterocycles. The number of nitrogens with zero attached hydrogens (tertiary/aromatic N) is 2. The first-order chi connectivity index (χ1) is 9.56. The number of rotatable bonds is 3. The van der Waals surface area contributed by atoms with E-state index in [0.29, 0.717) is 16.6 Å². The zero-order chi connectivity index (χ0) is 14.3. The molecule has 3 aromatic rings. The summed E-state index contributed by atoms with van der Waals surface area (Å²) >= 11 is 14.0. The molecule has 1 aromatic carbocycles. The number of anilines is 1. The van der Waals surface area contributed by atoms with Crippen LogP contribution >= 0.6 is 34.5 Å². The van der Waals surface area contributed by atoms with E-state index in [1.54, 1.807) is 11.3 Å². The zero-order valence-electron chi connectivity index (χ0n) is 11.1. The van der Waals surface area contributed by atoms with Gasteiger partial charge in [0.1, 0.15) is 0 Å². The van der Waals surface area contributed by atoms with Crippen LogP contribution in [0.25, 0.3) is 4.96 Å². The van der Waals surface area contributed by atoms with Gasteiger partial charge in [-0.25, -0.2) is 4.98 Å². The third kappa shape index (κ3) is 2.39. The summed E-state index contributed by atoms with van der Waals surface area (Å²) in [5.74, 6) is 0. The van der Waals surface area contributed by atoms with Gasteiger partial charge in [0.05, 0.1) is 33.7 Å². The summed E-state index contributed by atoms with van der Waals surface area (Å²) in [4.78, 5) is 6.82. The first-order valence-corrected chi connectivity index (χ1v) is 7.75. The number of hydrogen-bond donors (Lipinski definition) is 1. The monoisotopic (exact) mass is 325 g/mol. The Kier molecular flexibility index (Phi) is 3.63. The second-order valence-corrected chi connectivity index (χ2v) is 6.62. The van der Waals surface area contributed by atoms with Crippen LogP contribution in [-0.4, -0.2) is 9.38 Å². The number of aromatic nitrogens is 2. The van der Waals surface area contributed by atoms with Crippen molar-refractivity contribution in [3.8, 4) is 0 Å². The lowest BCUT2D eigenvalue weighted by Crippen LogP contribution is -2.04. The molecule has 0 fully saturated rings. The van der Waals surface area contributed by atoms with E-state index in [1.807, 2.05) is 25.1 Å². The maximum absolute atomic E-state index is 6.16. The van der Waals surface area contributed by atoms with Gasteiger partial charge in [0.25, 0.3) is 0 Å². The average Bonchev–Trinajstić information content (AvgIpc) is 2.85. The lowest BCUT2D eigenvalue weighted by atomic mass is 10.3. The molecule has 0 bridgehead atoms. The van der Waals surface area contributed by atoms with Gasteiger partial charge in [0.2, 0.25) is 0 Å². The van der Waals surface area contributed by atoms with Crippen molar-refractivity contribution in [2.24, 2.45) is 0 Å². The second-order valence-electron chi connectivity index (χ2n) is 4.59. The Hall–Kier alpha value is -1.23. The smallest absolute Gasteiger partial charge is 0.194 e. The quantitative estimate of drug-likeness (QED) is 0.739. The van der Waals surface area contributed by atoms with Crippen LogP contribution in [0.5, 0.6) is 0 Å². The molecule has 0 unspecified atom stereocenters. The Morgan fingerprint density at radius 1 is 1.25 bits per heavy atom. The molecule has 0 aliphatic heterocycles. The van der Waals surface area contributed by atoms with Crippen molar-refractivity contribution in [2.75, 3.05) is 5.32 Å². The van der Waals surface area contributed by atoms with Crippen molar-refractivity contribution in [2.45, 2.75) is 20.4 Å². The minimum absolute atomic E-state index is 0.623. The van der Waals surface area contributed by atoms with Gasteiger partial charge >= 0.3 is 0 Å². The van der Waals surface area contributed by atoms with E-state index in [4.69, 9.17) is 23.2 Å². The molecular weight excluding hydrogens is 313 g/mol. The van der Waals surface area contributed by atoms with E-state index < -0.39 is 0 Å². The molecule has 0 saturated carbocycles. The number of benzene rings is 1. The van der Waals surface area contributed by atoms with Crippen molar-refractivity contribution in [3.05, 3.63) is 50.7 Å².